The highest BCUT2D eigenvalue weighted by molar-refractivity contribution is 4.76. The van der Waals surface area contributed by atoms with Crippen LogP contribution in [0.3, 0.4) is 0 Å². The second-order valence-corrected chi connectivity index (χ2v) is 3.71. The first-order chi connectivity index (χ1) is 5.33. The van der Waals surface area contributed by atoms with Gasteiger partial charge in [-0.1, -0.05) is 25.7 Å². The Bertz CT molecular complexity index is 139. The van der Waals surface area contributed by atoms with Gasteiger partial charge >= 0.3 is 0 Å². The SMILES string of the molecule is [C-]#[N+]C(C)CCC1CCCC1. The molecule has 11 heavy (non-hydrogen) atoms. The summed E-state index contributed by atoms with van der Waals surface area (Å²) in [7, 11) is 0. The Labute approximate surface area is 69.6 Å². The molecule has 0 radical (unpaired) electrons. The van der Waals surface area contributed by atoms with Crippen molar-refractivity contribution in [1.29, 1.82) is 0 Å². The lowest BCUT2D eigenvalue weighted by atomic mass is 9.99. The fourth-order valence-electron chi connectivity index (χ4n) is 1.84. The van der Waals surface area contributed by atoms with E-state index in [0.717, 1.165) is 12.3 Å². The number of rotatable bonds is 3. The van der Waals surface area contributed by atoms with Crippen LogP contribution in [-0.4, -0.2) is 6.04 Å². The smallest absolute Gasteiger partial charge is 0.221 e. The van der Waals surface area contributed by atoms with Gasteiger partial charge in [0.1, 0.15) is 0 Å². The van der Waals surface area contributed by atoms with Crippen molar-refractivity contribution in [1.82, 2.24) is 0 Å². The molecule has 0 saturated heterocycles. The lowest BCUT2D eigenvalue weighted by molar-refractivity contribution is 0.473. The fraction of sp³-hybridized carbons (Fsp3) is 0.900. The summed E-state index contributed by atoms with van der Waals surface area (Å²) < 4.78 is 0. The Kier molecular flexibility index (Phi) is 3.42. The van der Waals surface area contributed by atoms with Crippen LogP contribution < -0.4 is 0 Å². The molecule has 62 valence electrons. The minimum Gasteiger partial charge on any atom is -0.314 e. The molecule has 1 fully saturated rings. The molecule has 1 aliphatic carbocycles. The summed E-state index contributed by atoms with van der Waals surface area (Å²) in [6, 6.07) is 0.260. The van der Waals surface area contributed by atoms with E-state index in [4.69, 9.17) is 6.57 Å². The van der Waals surface area contributed by atoms with Gasteiger partial charge in [0.25, 0.3) is 0 Å². The van der Waals surface area contributed by atoms with Crippen LogP contribution in [0.2, 0.25) is 0 Å². The second kappa shape index (κ2) is 4.38. The molecular weight excluding hydrogens is 134 g/mol. The van der Waals surface area contributed by atoms with Gasteiger partial charge in [0.2, 0.25) is 6.04 Å². The first-order valence-corrected chi connectivity index (χ1v) is 4.69. The molecule has 1 saturated carbocycles. The molecule has 0 heterocycles. The Morgan fingerprint density at radius 2 is 2.09 bits per heavy atom. The second-order valence-electron chi connectivity index (χ2n) is 3.71. The van der Waals surface area contributed by atoms with Crippen LogP contribution in [0.25, 0.3) is 4.85 Å². The summed E-state index contributed by atoms with van der Waals surface area (Å²) in [5, 5.41) is 0. The van der Waals surface area contributed by atoms with Gasteiger partial charge in [-0.15, -0.1) is 0 Å². The van der Waals surface area contributed by atoms with E-state index in [-0.39, 0.29) is 6.04 Å². The van der Waals surface area contributed by atoms with Crippen LogP contribution >= 0.6 is 0 Å². The van der Waals surface area contributed by atoms with Crippen molar-refractivity contribution in [3.8, 4) is 0 Å². The Morgan fingerprint density at radius 3 is 2.64 bits per heavy atom. The molecule has 1 rings (SSSR count). The Morgan fingerprint density at radius 1 is 1.45 bits per heavy atom. The Hall–Kier alpha value is -0.510. The third-order valence-corrected chi connectivity index (χ3v) is 2.69. The van der Waals surface area contributed by atoms with Gasteiger partial charge in [0.15, 0.2) is 0 Å². The van der Waals surface area contributed by atoms with E-state index in [0.29, 0.717) is 0 Å². The Balaban J connectivity index is 2.07. The van der Waals surface area contributed by atoms with E-state index in [1.165, 1.54) is 32.1 Å². The first-order valence-electron chi connectivity index (χ1n) is 4.69. The normalized spacial score (nSPS) is 21.5. The summed E-state index contributed by atoms with van der Waals surface area (Å²) >= 11 is 0. The summed E-state index contributed by atoms with van der Waals surface area (Å²) in [4.78, 5) is 3.50. The van der Waals surface area contributed by atoms with Crippen LogP contribution in [0.5, 0.6) is 0 Å². The molecule has 0 aliphatic heterocycles. The molecule has 1 atom stereocenters. The van der Waals surface area contributed by atoms with Gasteiger partial charge < -0.3 is 4.85 Å². The summed E-state index contributed by atoms with van der Waals surface area (Å²) in [5.41, 5.74) is 0. The average Bonchev–Trinajstić information content (AvgIpc) is 2.52. The standard InChI is InChI=1S/C10H17N/c1-9(11-2)7-8-10-5-3-4-6-10/h9-10H,3-8H2,1H3. The molecule has 0 bridgehead atoms. The van der Waals surface area contributed by atoms with E-state index in [1.54, 1.807) is 0 Å². The maximum atomic E-state index is 6.81. The molecule has 1 heteroatoms. The zero-order valence-corrected chi connectivity index (χ0v) is 7.34. The molecule has 1 nitrogen and oxygen atoms in total. The predicted molar refractivity (Wildman–Crippen MR) is 47.3 cm³/mol. The highest BCUT2D eigenvalue weighted by atomic mass is 14.7. The third kappa shape index (κ3) is 2.93. The largest absolute Gasteiger partial charge is 0.314 e. The van der Waals surface area contributed by atoms with Crippen molar-refractivity contribution in [3.05, 3.63) is 11.4 Å². The highest BCUT2D eigenvalue weighted by Crippen LogP contribution is 2.29. The zero-order chi connectivity index (χ0) is 8.10. The molecule has 0 spiro atoms. The first kappa shape index (κ1) is 8.59. The van der Waals surface area contributed by atoms with Gasteiger partial charge in [0.05, 0.1) is 0 Å². The molecule has 0 amide bonds. The quantitative estimate of drug-likeness (QED) is 0.545. The molecule has 0 aromatic rings. The molecule has 0 aromatic carbocycles. The van der Waals surface area contributed by atoms with Crippen molar-refractivity contribution < 1.29 is 0 Å². The van der Waals surface area contributed by atoms with Gasteiger partial charge in [-0.05, 0) is 12.3 Å². The van der Waals surface area contributed by atoms with E-state index in [2.05, 4.69) is 4.85 Å². The van der Waals surface area contributed by atoms with E-state index >= 15 is 0 Å². The van der Waals surface area contributed by atoms with Crippen LogP contribution in [0.1, 0.15) is 45.4 Å². The summed E-state index contributed by atoms with van der Waals surface area (Å²) in [6.45, 7) is 8.84. The van der Waals surface area contributed by atoms with E-state index < -0.39 is 0 Å². The highest BCUT2D eigenvalue weighted by Gasteiger charge is 2.16. The number of hydrogen-bond donors (Lipinski definition) is 0. The lowest BCUT2D eigenvalue weighted by Crippen LogP contribution is -2.00. The van der Waals surface area contributed by atoms with Crippen molar-refractivity contribution >= 4 is 0 Å². The molecule has 0 aromatic heterocycles. The third-order valence-electron chi connectivity index (χ3n) is 2.69. The minimum atomic E-state index is 0.260. The van der Waals surface area contributed by atoms with Crippen molar-refractivity contribution in [3.63, 3.8) is 0 Å². The van der Waals surface area contributed by atoms with Crippen molar-refractivity contribution in [2.45, 2.75) is 51.5 Å². The number of hydrogen-bond acceptors (Lipinski definition) is 0. The maximum Gasteiger partial charge on any atom is 0.221 e. The molecule has 1 unspecified atom stereocenters. The number of nitrogens with zero attached hydrogens (tertiary/aromatic N) is 1. The van der Waals surface area contributed by atoms with Crippen LogP contribution in [0.15, 0.2) is 0 Å². The molecular formula is C10H17N. The minimum absolute atomic E-state index is 0.260. The predicted octanol–water partition coefficient (Wildman–Crippen LogP) is 3.26. The van der Waals surface area contributed by atoms with E-state index in [9.17, 15) is 0 Å². The van der Waals surface area contributed by atoms with Gasteiger partial charge in [-0.3, -0.25) is 0 Å². The fourth-order valence-corrected chi connectivity index (χ4v) is 1.84. The molecule has 0 N–H and O–H groups in total. The van der Waals surface area contributed by atoms with Gasteiger partial charge in [-0.2, -0.15) is 0 Å². The van der Waals surface area contributed by atoms with Crippen LogP contribution in [0.4, 0.5) is 0 Å². The summed E-state index contributed by atoms with van der Waals surface area (Å²) in [5.74, 6) is 0.958. The van der Waals surface area contributed by atoms with E-state index in [1.807, 2.05) is 6.92 Å². The zero-order valence-electron chi connectivity index (χ0n) is 7.34. The van der Waals surface area contributed by atoms with Gasteiger partial charge in [0, 0.05) is 13.3 Å². The van der Waals surface area contributed by atoms with Crippen LogP contribution in [0, 0.1) is 12.5 Å². The molecule has 1 aliphatic rings. The lowest BCUT2D eigenvalue weighted by Gasteiger charge is -2.06. The topological polar surface area (TPSA) is 4.36 Å². The average molecular weight is 151 g/mol. The van der Waals surface area contributed by atoms with Crippen molar-refractivity contribution in [2.75, 3.05) is 0 Å². The maximum absolute atomic E-state index is 6.81. The van der Waals surface area contributed by atoms with Crippen LogP contribution in [-0.2, 0) is 0 Å². The van der Waals surface area contributed by atoms with Gasteiger partial charge in [-0.25, -0.2) is 6.57 Å². The monoisotopic (exact) mass is 151 g/mol. The van der Waals surface area contributed by atoms with Crippen molar-refractivity contribution in [2.24, 2.45) is 5.92 Å². The summed E-state index contributed by atoms with van der Waals surface area (Å²) in [6.07, 6.45) is 8.11.